The Kier molecular flexibility index (Phi) is 2.63. The van der Waals surface area contributed by atoms with Gasteiger partial charge in [0.05, 0.1) is 36.3 Å². The van der Waals surface area contributed by atoms with Crippen LogP contribution in [0.2, 0.25) is 0 Å². The Morgan fingerprint density at radius 3 is 2.89 bits per heavy atom. The molecule has 0 radical (unpaired) electrons. The van der Waals surface area contributed by atoms with Crippen molar-refractivity contribution in [1.82, 2.24) is 14.8 Å². The fourth-order valence-corrected chi connectivity index (χ4v) is 2.10. The minimum atomic E-state index is -0.340. The van der Waals surface area contributed by atoms with Crippen molar-refractivity contribution in [2.24, 2.45) is 0 Å². The molecule has 3 heterocycles. The van der Waals surface area contributed by atoms with E-state index in [2.05, 4.69) is 17.0 Å². The number of rotatable bonds is 1. The van der Waals surface area contributed by atoms with Crippen molar-refractivity contribution >= 4 is 0 Å². The molecule has 2 aromatic rings. The van der Waals surface area contributed by atoms with Gasteiger partial charge in [-0.25, -0.2) is 4.39 Å². The number of aromatic nitrogens is 3. The molecular formula is C13H14FN3O. The lowest BCUT2D eigenvalue weighted by molar-refractivity contribution is -0.0104. The Bertz CT molecular complexity index is 564. The molecule has 1 aliphatic heterocycles. The zero-order valence-electron chi connectivity index (χ0n) is 10.3. The first-order valence-electron chi connectivity index (χ1n) is 5.97. The number of fused-ring (bicyclic) bond motifs is 1. The molecule has 5 heteroatoms. The van der Waals surface area contributed by atoms with Crippen LogP contribution >= 0.6 is 0 Å². The molecule has 4 nitrogen and oxygen atoms in total. The van der Waals surface area contributed by atoms with Crippen LogP contribution in [0, 0.1) is 5.82 Å². The first-order valence-corrected chi connectivity index (χ1v) is 5.97. The van der Waals surface area contributed by atoms with E-state index in [0.717, 1.165) is 11.4 Å². The minimum Gasteiger partial charge on any atom is -0.370 e. The predicted molar refractivity (Wildman–Crippen MR) is 64.4 cm³/mol. The number of nitrogens with zero attached hydrogens (tertiary/aromatic N) is 3. The second-order valence-electron chi connectivity index (χ2n) is 4.58. The van der Waals surface area contributed by atoms with E-state index in [1.54, 1.807) is 6.07 Å². The van der Waals surface area contributed by atoms with Gasteiger partial charge in [-0.3, -0.25) is 9.67 Å². The fourth-order valence-electron chi connectivity index (χ4n) is 2.10. The normalized spacial score (nSPS) is 22.8. The second kappa shape index (κ2) is 4.17. The van der Waals surface area contributed by atoms with Gasteiger partial charge in [0.25, 0.3) is 0 Å². The minimum absolute atomic E-state index is 0.145. The van der Waals surface area contributed by atoms with Gasteiger partial charge >= 0.3 is 0 Å². The molecule has 2 atom stereocenters. The highest BCUT2D eigenvalue weighted by Crippen LogP contribution is 2.27. The van der Waals surface area contributed by atoms with Crippen LogP contribution in [0.4, 0.5) is 4.39 Å². The molecule has 0 saturated heterocycles. The summed E-state index contributed by atoms with van der Waals surface area (Å²) in [6, 6.07) is 5.17. The van der Waals surface area contributed by atoms with Crippen molar-refractivity contribution in [3.05, 3.63) is 35.9 Å². The Morgan fingerprint density at radius 1 is 1.33 bits per heavy atom. The maximum absolute atomic E-state index is 12.8. The summed E-state index contributed by atoms with van der Waals surface area (Å²) < 4.78 is 20.4. The molecule has 94 valence electrons. The summed E-state index contributed by atoms with van der Waals surface area (Å²) in [4.78, 5) is 4.04. The third kappa shape index (κ3) is 1.80. The van der Waals surface area contributed by atoms with Crippen molar-refractivity contribution in [1.29, 1.82) is 0 Å². The Labute approximate surface area is 104 Å². The van der Waals surface area contributed by atoms with Crippen molar-refractivity contribution in [2.45, 2.75) is 32.6 Å². The Morgan fingerprint density at radius 2 is 2.17 bits per heavy atom. The zero-order valence-corrected chi connectivity index (χ0v) is 10.3. The predicted octanol–water partition coefficient (Wildman–Crippen LogP) is 2.56. The summed E-state index contributed by atoms with van der Waals surface area (Å²) in [6.45, 7) is 4.66. The van der Waals surface area contributed by atoms with Crippen LogP contribution in [0.3, 0.4) is 0 Å². The Balaban J connectivity index is 2.00. The van der Waals surface area contributed by atoms with Crippen LogP contribution in [-0.2, 0) is 11.3 Å². The molecule has 3 rings (SSSR count). The van der Waals surface area contributed by atoms with Crippen LogP contribution < -0.4 is 0 Å². The lowest BCUT2D eigenvalue weighted by Crippen LogP contribution is -2.29. The smallest absolute Gasteiger partial charge is 0.141 e. The maximum Gasteiger partial charge on any atom is 0.141 e. The summed E-state index contributed by atoms with van der Waals surface area (Å²) in [6.07, 6.45) is 1.35. The van der Waals surface area contributed by atoms with E-state index in [4.69, 9.17) is 4.74 Å². The van der Waals surface area contributed by atoms with Gasteiger partial charge in [0.15, 0.2) is 0 Å². The number of hydrogen-bond donors (Lipinski definition) is 0. The number of ether oxygens (including phenoxy) is 1. The molecule has 0 saturated carbocycles. The van der Waals surface area contributed by atoms with E-state index >= 15 is 0 Å². The molecule has 0 spiro atoms. The lowest BCUT2D eigenvalue weighted by atomic mass is 10.2. The molecule has 2 unspecified atom stereocenters. The first kappa shape index (κ1) is 11.3. The van der Waals surface area contributed by atoms with E-state index in [9.17, 15) is 4.39 Å². The van der Waals surface area contributed by atoms with Crippen molar-refractivity contribution in [3.8, 4) is 11.4 Å². The molecule has 2 aromatic heterocycles. The lowest BCUT2D eigenvalue weighted by Gasteiger charge is -2.27. The van der Waals surface area contributed by atoms with Gasteiger partial charge in [0, 0.05) is 0 Å². The van der Waals surface area contributed by atoms with Crippen molar-refractivity contribution in [3.63, 3.8) is 0 Å². The van der Waals surface area contributed by atoms with Gasteiger partial charge in [-0.05, 0) is 32.0 Å². The van der Waals surface area contributed by atoms with Crippen LogP contribution in [0.25, 0.3) is 11.4 Å². The standard InChI is InChI=1S/C13H14FN3O/c1-8-9(2)18-7-11-5-13(16-17(8)11)12-4-3-10(14)6-15-12/h3-6,8-9H,7H2,1-2H3. The number of hydrogen-bond acceptors (Lipinski definition) is 3. The maximum atomic E-state index is 12.8. The summed E-state index contributed by atoms with van der Waals surface area (Å²) in [5.74, 6) is -0.340. The third-order valence-corrected chi connectivity index (χ3v) is 3.36. The summed E-state index contributed by atoms with van der Waals surface area (Å²) in [7, 11) is 0. The number of pyridine rings is 1. The molecule has 0 N–H and O–H groups in total. The quantitative estimate of drug-likeness (QED) is 0.777. The highest BCUT2D eigenvalue weighted by Gasteiger charge is 2.25. The largest absolute Gasteiger partial charge is 0.370 e. The molecule has 0 bridgehead atoms. The van der Waals surface area contributed by atoms with Crippen LogP contribution in [0.1, 0.15) is 25.6 Å². The molecule has 0 aliphatic carbocycles. The van der Waals surface area contributed by atoms with E-state index in [-0.39, 0.29) is 18.0 Å². The average molecular weight is 247 g/mol. The molecule has 0 fully saturated rings. The number of halogens is 1. The molecular weight excluding hydrogens is 233 g/mol. The van der Waals surface area contributed by atoms with E-state index in [1.165, 1.54) is 12.3 Å². The second-order valence-corrected chi connectivity index (χ2v) is 4.58. The SMILES string of the molecule is CC1OCc2cc(-c3ccc(F)cn3)nn2C1C. The monoisotopic (exact) mass is 247 g/mol. The van der Waals surface area contributed by atoms with Crippen molar-refractivity contribution < 1.29 is 9.13 Å². The van der Waals surface area contributed by atoms with Crippen LogP contribution in [0.5, 0.6) is 0 Å². The van der Waals surface area contributed by atoms with Crippen molar-refractivity contribution in [2.75, 3.05) is 0 Å². The average Bonchev–Trinajstić information content (AvgIpc) is 2.80. The van der Waals surface area contributed by atoms with E-state index < -0.39 is 0 Å². The summed E-state index contributed by atoms with van der Waals surface area (Å²) >= 11 is 0. The van der Waals surface area contributed by atoms with Gasteiger partial charge in [-0.2, -0.15) is 5.10 Å². The van der Waals surface area contributed by atoms with Crippen LogP contribution in [0.15, 0.2) is 24.4 Å². The van der Waals surface area contributed by atoms with Gasteiger partial charge in [-0.1, -0.05) is 0 Å². The van der Waals surface area contributed by atoms with E-state index in [0.29, 0.717) is 12.3 Å². The van der Waals surface area contributed by atoms with Gasteiger partial charge in [0.2, 0.25) is 0 Å². The first-order chi connectivity index (χ1) is 8.65. The third-order valence-electron chi connectivity index (χ3n) is 3.36. The highest BCUT2D eigenvalue weighted by atomic mass is 19.1. The fraction of sp³-hybridized carbons (Fsp3) is 0.385. The van der Waals surface area contributed by atoms with E-state index in [1.807, 2.05) is 17.7 Å². The topological polar surface area (TPSA) is 39.9 Å². The highest BCUT2D eigenvalue weighted by molar-refractivity contribution is 5.54. The molecule has 18 heavy (non-hydrogen) atoms. The summed E-state index contributed by atoms with van der Waals surface area (Å²) in [5, 5.41) is 4.53. The zero-order chi connectivity index (χ0) is 12.7. The van der Waals surface area contributed by atoms with Gasteiger partial charge < -0.3 is 4.74 Å². The molecule has 0 amide bonds. The summed E-state index contributed by atoms with van der Waals surface area (Å²) in [5.41, 5.74) is 2.47. The molecule has 1 aliphatic rings. The van der Waals surface area contributed by atoms with Gasteiger partial charge in [0.1, 0.15) is 11.5 Å². The van der Waals surface area contributed by atoms with Gasteiger partial charge in [-0.15, -0.1) is 0 Å². The Hall–Kier alpha value is -1.75. The molecule has 0 aromatic carbocycles. The van der Waals surface area contributed by atoms with Crippen LogP contribution in [-0.4, -0.2) is 20.9 Å².